The van der Waals surface area contributed by atoms with Crippen LogP contribution in [0.1, 0.15) is 11.1 Å². The summed E-state index contributed by atoms with van der Waals surface area (Å²) in [4.78, 5) is 12.1. The van der Waals surface area contributed by atoms with E-state index < -0.39 is 21.7 Å². The van der Waals surface area contributed by atoms with E-state index in [4.69, 9.17) is 9.47 Å². The molecule has 9 heteroatoms. The summed E-state index contributed by atoms with van der Waals surface area (Å²) >= 11 is 0. The van der Waals surface area contributed by atoms with E-state index in [0.29, 0.717) is 23.3 Å². The highest BCUT2D eigenvalue weighted by atomic mass is 32.2. The third-order valence-corrected chi connectivity index (χ3v) is 5.12. The van der Waals surface area contributed by atoms with Crippen molar-refractivity contribution < 1.29 is 27.1 Å². The lowest BCUT2D eigenvalue weighted by molar-refractivity contribution is -0.0172. The maximum absolute atomic E-state index is 13.7. The van der Waals surface area contributed by atoms with E-state index in [0.717, 1.165) is 6.26 Å². The maximum atomic E-state index is 13.7. The van der Waals surface area contributed by atoms with Crippen LogP contribution in [0.5, 0.6) is 5.75 Å². The van der Waals surface area contributed by atoms with Crippen LogP contribution in [0.3, 0.4) is 0 Å². The molecule has 1 aliphatic rings. The normalized spacial score (nSPS) is 13.4. The molecule has 2 N–H and O–H groups in total. The van der Waals surface area contributed by atoms with Crippen molar-refractivity contribution in [2.45, 2.75) is 17.9 Å². The summed E-state index contributed by atoms with van der Waals surface area (Å²) in [6.45, 7) is 0.588. The first-order valence-corrected chi connectivity index (χ1v) is 10.1. The summed E-state index contributed by atoms with van der Waals surface area (Å²) in [5.41, 5.74) is 1.45. The van der Waals surface area contributed by atoms with Crippen LogP contribution < -0.4 is 15.4 Å². The molecule has 1 aliphatic heterocycles. The van der Waals surface area contributed by atoms with Crippen molar-refractivity contribution in [2.75, 3.05) is 24.9 Å². The average Bonchev–Trinajstić information content (AvgIpc) is 2.61. The van der Waals surface area contributed by atoms with Gasteiger partial charge in [-0.2, -0.15) is 0 Å². The molecule has 0 aromatic heterocycles. The predicted octanol–water partition coefficient (Wildman–Crippen LogP) is 2.46. The molecule has 7 nitrogen and oxygen atoms in total. The number of carbonyl (C=O) groups is 1. The summed E-state index contributed by atoms with van der Waals surface area (Å²) in [6, 6.07) is 8.30. The Morgan fingerprint density at radius 1 is 1.26 bits per heavy atom. The van der Waals surface area contributed by atoms with E-state index in [2.05, 4.69) is 10.6 Å². The number of amides is 2. The fraction of sp³-hybridized carbons (Fsp3) is 0.278. The minimum atomic E-state index is -3.47. The Morgan fingerprint density at radius 3 is 2.81 bits per heavy atom. The van der Waals surface area contributed by atoms with Crippen LogP contribution in [0.15, 0.2) is 41.3 Å². The molecule has 2 aromatic carbocycles. The number of sulfone groups is 1. The first-order valence-electron chi connectivity index (χ1n) is 8.20. The number of anilines is 1. The van der Waals surface area contributed by atoms with Gasteiger partial charge in [0.15, 0.2) is 16.6 Å². The number of ether oxygens (including phenoxy) is 2. The largest absolute Gasteiger partial charge is 0.467 e. The molecule has 0 bridgehead atoms. The number of fused-ring (bicyclic) bond motifs is 1. The van der Waals surface area contributed by atoms with Crippen LogP contribution in [0, 0.1) is 5.82 Å². The zero-order chi connectivity index (χ0) is 19.4. The molecule has 0 spiro atoms. The zero-order valence-electron chi connectivity index (χ0n) is 14.6. The van der Waals surface area contributed by atoms with E-state index in [1.165, 1.54) is 24.3 Å². The van der Waals surface area contributed by atoms with Crippen molar-refractivity contribution in [3.63, 3.8) is 0 Å². The van der Waals surface area contributed by atoms with Gasteiger partial charge in [0.05, 0.1) is 17.2 Å². The van der Waals surface area contributed by atoms with Gasteiger partial charge < -0.3 is 20.1 Å². The minimum absolute atomic E-state index is 0.0350. The van der Waals surface area contributed by atoms with E-state index in [1.54, 1.807) is 12.1 Å². The molecule has 2 aromatic rings. The van der Waals surface area contributed by atoms with E-state index in [9.17, 15) is 17.6 Å². The molecular formula is C18H19FN2O5S. The number of halogens is 1. The van der Waals surface area contributed by atoms with Crippen LogP contribution in [0.4, 0.5) is 14.9 Å². The van der Waals surface area contributed by atoms with Crippen LogP contribution in [0.25, 0.3) is 0 Å². The number of nitrogens with one attached hydrogen (secondary N) is 2. The second-order valence-electron chi connectivity index (χ2n) is 6.06. The molecule has 1 heterocycles. The maximum Gasteiger partial charge on any atom is 0.319 e. The van der Waals surface area contributed by atoms with Gasteiger partial charge in [-0.25, -0.2) is 17.6 Å². The molecule has 144 valence electrons. The van der Waals surface area contributed by atoms with Crippen molar-refractivity contribution in [1.82, 2.24) is 5.32 Å². The van der Waals surface area contributed by atoms with Crippen LogP contribution in [-0.4, -0.2) is 34.0 Å². The number of hydrogen-bond acceptors (Lipinski definition) is 5. The van der Waals surface area contributed by atoms with Crippen LogP contribution in [-0.2, 0) is 27.6 Å². The number of hydrogen-bond donors (Lipinski definition) is 2. The average molecular weight is 394 g/mol. The third kappa shape index (κ3) is 4.75. The SMILES string of the molecule is CS(=O)(=O)c1ccccc1NC(=O)NCCc1cc(F)cc2c1OCOC2. The number of carbonyl (C=O) groups excluding carboxylic acids is 1. The second-order valence-corrected chi connectivity index (χ2v) is 8.05. The molecule has 0 fully saturated rings. The molecule has 2 amide bonds. The summed E-state index contributed by atoms with van der Waals surface area (Å²) < 4.78 is 47.8. The molecule has 3 rings (SSSR count). The van der Waals surface area contributed by atoms with Gasteiger partial charge in [-0.3, -0.25) is 0 Å². The monoisotopic (exact) mass is 394 g/mol. The Balaban J connectivity index is 1.62. The number of urea groups is 1. The van der Waals surface area contributed by atoms with E-state index in [1.807, 2.05) is 0 Å². The van der Waals surface area contributed by atoms with Crippen molar-refractivity contribution in [1.29, 1.82) is 0 Å². The first-order chi connectivity index (χ1) is 12.8. The standard InChI is InChI=1S/C18H19FN2O5S/c1-27(23,24)16-5-3-2-4-15(16)21-18(22)20-7-6-12-8-14(19)9-13-10-25-11-26-17(12)13/h2-5,8-9H,6-7,10-11H2,1H3,(H2,20,21,22). The van der Waals surface area contributed by atoms with Gasteiger partial charge in [0.25, 0.3) is 0 Å². The molecule has 0 atom stereocenters. The summed E-state index contributed by atoms with van der Waals surface area (Å²) in [6.07, 6.45) is 1.42. The zero-order valence-corrected chi connectivity index (χ0v) is 15.4. The number of rotatable bonds is 5. The smallest absolute Gasteiger partial charge is 0.319 e. The minimum Gasteiger partial charge on any atom is -0.467 e. The first kappa shape index (κ1) is 19.1. The lowest BCUT2D eigenvalue weighted by Crippen LogP contribution is -2.31. The fourth-order valence-electron chi connectivity index (χ4n) is 2.81. The van der Waals surface area contributed by atoms with Gasteiger partial charge in [0, 0.05) is 18.4 Å². The Bertz CT molecular complexity index is 962. The molecule has 0 aliphatic carbocycles. The van der Waals surface area contributed by atoms with Gasteiger partial charge in [0.1, 0.15) is 11.6 Å². The molecule has 0 radical (unpaired) electrons. The second kappa shape index (κ2) is 7.93. The Hall–Kier alpha value is -2.65. The fourth-order valence-corrected chi connectivity index (χ4v) is 3.66. The van der Waals surface area contributed by atoms with E-state index in [-0.39, 0.29) is 30.5 Å². The topological polar surface area (TPSA) is 93.7 Å². The highest BCUT2D eigenvalue weighted by Gasteiger charge is 2.17. The van der Waals surface area contributed by atoms with Gasteiger partial charge in [-0.15, -0.1) is 0 Å². The summed E-state index contributed by atoms with van der Waals surface area (Å²) in [5.74, 6) is 0.177. The van der Waals surface area contributed by atoms with Crippen molar-refractivity contribution >= 4 is 21.6 Å². The number of benzene rings is 2. The quantitative estimate of drug-likeness (QED) is 0.813. The van der Waals surface area contributed by atoms with Gasteiger partial charge in [-0.05, 0) is 36.2 Å². The Morgan fingerprint density at radius 2 is 2.04 bits per heavy atom. The number of para-hydroxylation sites is 1. The molecule has 0 saturated heterocycles. The van der Waals surface area contributed by atoms with Crippen molar-refractivity contribution in [3.8, 4) is 5.75 Å². The highest BCUT2D eigenvalue weighted by Crippen LogP contribution is 2.29. The molecular weight excluding hydrogens is 375 g/mol. The molecule has 0 saturated carbocycles. The van der Waals surface area contributed by atoms with Gasteiger partial charge >= 0.3 is 6.03 Å². The highest BCUT2D eigenvalue weighted by molar-refractivity contribution is 7.90. The lowest BCUT2D eigenvalue weighted by atomic mass is 10.1. The predicted molar refractivity (Wildman–Crippen MR) is 97.0 cm³/mol. The third-order valence-electron chi connectivity index (χ3n) is 3.97. The Labute approximate surface area is 156 Å². The van der Waals surface area contributed by atoms with Crippen LogP contribution in [0.2, 0.25) is 0 Å². The van der Waals surface area contributed by atoms with Crippen LogP contribution >= 0.6 is 0 Å². The molecule has 27 heavy (non-hydrogen) atoms. The summed E-state index contributed by atoms with van der Waals surface area (Å²) in [5, 5.41) is 5.15. The summed E-state index contributed by atoms with van der Waals surface area (Å²) in [7, 11) is -3.47. The van der Waals surface area contributed by atoms with Crippen molar-refractivity contribution in [2.24, 2.45) is 0 Å². The molecule has 0 unspecified atom stereocenters. The van der Waals surface area contributed by atoms with E-state index >= 15 is 0 Å². The van der Waals surface area contributed by atoms with Gasteiger partial charge in [0.2, 0.25) is 0 Å². The Kier molecular flexibility index (Phi) is 5.62. The van der Waals surface area contributed by atoms with Gasteiger partial charge in [-0.1, -0.05) is 12.1 Å². The van der Waals surface area contributed by atoms with Crippen molar-refractivity contribution in [3.05, 3.63) is 53.3 Å². The lowest BCUT2D eigenvalue weighted by Gasteiger charge is -2.21.